The highest BCUT2D eigenvalue weighted by Gasteiger charge is 2.11. The van der Waals surface area contributed by atoms with E-state index >= 15 is 0 Å². The van der Waals surface area contributed by atoms with Gasteiger partial charge in [-0.25, -0.2) is 4.98 Å². The van der Waals surface area contributed by atoms with Crippen molar-refractivity contribution in [3.63, 3.8) is 0 Å². The second-order valence-corrected chi connectivity index (χ2v) is 6.21. The Hall–Kier alpha value is -2.07. The van der Waals surface area contributed by atoms with Crippen LogP contribution in [0, 0.1) is 0 Å². The van der Waals surface area contributed by atoms with Crippen molar-refractivity contribution in [3.05, 3.63) is 64.9 Å². The summed E-state index contributed by atoms with van der Waals surface area (Å²) in [7, 11) is 0. The van der Waals surface area contributed by atoms with Crippen LogP contribution in [0.2, 0.25) is 0 Å². The molecule has 0 aliphatic heterocycles. The molecule has 1 N–H and O–H groups in total. The molecule has 2 aromatic heterocycles. The topological polar surface area (TPSA) is 29.9 Å². The smallest absolute Gasteiger partial charge is 0.0992 e. The number of hydrogen-bond donors (Lipinski definition) is 1. The highest BCUT2D eigenvalue weighted by molar-refractivity contribution is 7.12. The zero-order chi connectivity index (χ0) is 14.7. The highest BCUT2D eigenvalue weighted by Crippen LogP contribution is 2.29. The van der Waals surface area contributed by atoms with E-state index in [1.807, 2.05) is 34.5 Å². The minimum Gasteiger partial charge on any atom is -0.376 e. The fourth-order valence-electron chi connectivity index (χ4n) is 2.34. The Morgan fingerprint density at radius 3 is 2.81 bits per heavy atom. The molecule has 0 saturated heterocycles. The predicted molar refractivity (Wildman–Crippen MR) is 89.3 cm³/mol. The van der Waals surface area contributed by atoms with Gasteiger partial charge in [-0.05, 0) is 37.6 Å². The van der Waals surface area contributed by atoms with E-state index in [2.05, 4.69) is 54.5 Å². The first-order valence-electron chi connectivity index (χ1n) is 7.20. The summed E-state index contributed by atoms with van der Waals surface area (Å²) in [5, 5.41) is 3.61. The normalized spacial score (nSPS) is 12.3. The van der Waals surface area contributed by atoms with Crippen LogP contribution in [-0.4, -0.2) is 9.55 Å². The number of hydrogen-bond acceptors (Lipinski definition) is 3. The molecule has 108 valence electrons. The number of anilines is 1. The largest absolute Gasteiger partial charge is 0.376 e. The fourth-order valence-corrected chi connectivity index (χ4v) is 3.30. The van der Waals surface area contributed by atoms with Gasteiger partial charge in [-0.3, -0.25) is 0 Å². The molecule has 0 aliphatic rings. The van der Waals surface area contributed by atoms with E-state index in [4.69, 9.17) is 0 Å². The monoisotopic (exact) mass is 297 g/mol. The van der Waals surface area contributed by atoms with Crippen LogP contribution in [0.1, 0.15) is 29.6 Å². The van der Waals surface area contributed by atoms with E-state index in [-0.39, 0.29) is 0 Å². The van der Waals surface area contributed by atoms with Crippen molar-refractivity contribution < 1.29 is 0 Å². The van der Waals surface area contributed by atoms with Crippen LogP contribution in [0.25, 0.3) is 5.69 Å². The molecule has 3 nitrogen and oxygen atoms in total. The van der Waals surface area contributed by atoms with Crippen molar-refractivity contribution in [2.75, 3.05) is 5.32 Å². The molecule has 21 heavy (non-hydrogen) atoms. The highest BCUT2D eigenvalue weighted by atomic mass is 32.1. The van der Waals surface area contributed by atoms with Crippen molar-refractivity contribution in [1.82, 2.24) is 9.55 Å². The Bertz CT molecular complexity index is 700. The van der Waals surface area contributed by atoms with Gasteiger partial charge in [-0.1, -0.05) is 19.1 Å². The third-order valence-corrected chi connectivity index (χ3v) is 4.93. The molecular formula is C17H19N3S. The molecule has 0 fully saturated rings. The van der Waals surface area contributed by atoms with E-state index < -0.39 is 0 Å². The first-order chi connectivity index (χ1) is 10.3. The van der Waals surface area contributed by atoms with Crippen LogP contribution in [-0.2, 0) is 6.42 Å². The maximum absolute atomic E-state index is 4.13. The molecule has 0 amide bonds. The third-order valence-electron chi connectivity index (χ3n) is 3.52. The summed E-state index contributed by atoms with van der Waals surface area (Å²) in [6.07, 6.45) is 6.69. The lowest BCUT2D eigenvalue weighted by Crippen LogP contribution is -2.07. The van der Waals surface area contributed by atoms with Crippen molar-refractivity contribution in [1.29, 1.82) is 0 Å². The molecule has 0 spiro atoms. The molecule has 3 rings (SSSR count). The standard InChI is InChI=1S/C17H19N3S/c1-3-14-8-9-17(21-14)13(2)19-15-6-4-5-7-16(15)20-11-10-18-12-20/h4-13,19H,3H2,1-2H3. The first kappa shape index (κ1) is 13.9. The average molecular weight is 297 g/mol. The maximum atomic E-state index is 4.13. The summed E-state index contributed by atoms with van der Waals surface area (Å²) >= 11 is 1.88. The van der Waals surface area contributed by atoms with Crippen LogP contribution in [0.15, 0.2) is 55.1 Å². The fraction of sp³-hybridized carbons (Fsp3) is 0.235. The Balaban J connectivity index is 1.85. The van der Waals surface area contributed by atoms with Crippen molar-refractivity contribution in [2.45, 2.75) is 26.3 Å². The predicted octanol–water partition coefficient (Wildman–Crippen LogP) is 4.67. The van der Waals surface area contributed by atoms with E-state index in [1.165, 1.54) is 9.75 Å². The number of imidazole rings is 1. The summed E-state index contributed by atoms with van der Waals surface area (Å²) in [5.74, 6) is 0. The molecule has 1 unspecified atom stereocenters. The molecule has 0 aliphatic carbocycles. The number of benzene rings is 1. The van der Waals surface area contributed by atoms with Gasteiger partial charge in [0.1, 0.15) is 0 Å². The van der Waals surface area contributed by atoms with Crippen LogP contribution >= 0.6 is 11.3 Å². The third kappa shape index (κ3) is 3.00. The van der Waals surface area contributed by atoms with Gasteiger partial charge in [0.15, 0.2) is 0 Å². The second-order valence-electron chi connectivity index (χ2n) is 5.01. The molecule has 0 saturated carbocycles. The zero-order valence-electron chi connectivity index (χ0n) is 12.3. The van der Waals surface area contributed by atoms with Gasteiger partial charge in [-0.15, -0.1) is 11.3 Å². The first-order valence-corrected chi connectivity index (χ1v) is 8.02. The number of nitrogens with one attached hydrogen (secondary N) is 1. The Morgan fingerprint density at radius 2 is 2.10 bits per heavy atom. The summed E-state index contributed by atoms with van der Waals surface area (Å²) in [4.78, 5) is 6.93. The van der Waals surface area contributed by atoms with Gasteiger partial charge in [0.05, 0.1) is 23.7 Å². The number of aromatic nitrogens is 2. The van der Waals surface area contributed by atoms with Crippen molar-refractivity contribution >= 4 is 17.0 Å². The number of thiophene rings is 1. The van der Waals surface area contributed by atoms with E-state index in [0.717, 1.165) is 17.8 Å². The van der Waals surface area contributed by atoms with Crippen molar-refractivity contribution in [3.8, 4) is 5.69 Å². The molecule has 1 atom stereocenters. The Kier molecular flexibility index (Phi) is 4.06. The molecule has 3 aromatic rings. The Morgan fingerprint density at radius 1 is 1.24 bits per heavy atom. The average Bonchev–Trinajstić information content (AvgIpc) is 3.19. The van der Waals surface area contributed by atoms with E-state index in [0.29, 0.717) is 6.04 Å². The molecular weight excluding hydrogens is 278 g/mol. The molecule has 2 heterocycles. The lowest BCUT2D eigenvalue weighted by Gasteiger charge is -2.17. The minimum atomic E-state index is 0.292. The maximum Gasteiger partial charge on any atom is 0.0992 e. The molecule has 1 aromatic carbocycles. The minimum absolute atomic E-state index is 0.292. The number of nitrogens with zero attached hydrogens (tertiary/aromatic N) is 2. The van der Waals surface area contributed by atoms with Gasteiger partial charge in [0.25, 0.3) is 0 Å². The van der Waals surface area contributed by atoms with Crippen LogP contribution < -0.4 is 5.32 Å². The summed E-state index contributed by atoms with van der Waals surface area (Å²) < 4.78 is 2.03. The van der Waals surface area contributed by atoms with Gasteiger partial charge in [-0.2, -0.15) is 0 Å². The zero-order valence-corrected chi connectivity index (χ0v) is 13.1. The van der Waals surface area contributed by atoms with Crippen molar-refractivity contribution in [2.24, 2.45) is 0 Å². The Labute approximate surface area is 129 Å². The van der Waals surface area contributed by atoms with Crippen LogP contribution in [0.3, 0.4) is 0 Å². The van der Waals surface area contributed by atoms with Gasteiger partial charge in [0, 0.05) is 22.1 Å². The van der Waals surface area contributed by atoms with Crippen LogP contribution in [0.4, 0.5) is 5.69 Å². The second kappa shape index (κ2) is 6.14. The SMILES string of the molecule is CCc1ccc(C(C)Nc2ccccc2-n2ccnc2)s1. The molecule has 4 heteroatoms. The number of aryl methyl sites for hydroxylation is 1. The lowest BCUT2D eigenvalue weighted by molar-refractivity contribution is 0.901. The van der Waals surface area contributed by atoms with Crippen LogP contribution in [0.5, 0.6) is 0 Å². The quantitative estimate of drug-likeness (QED) is 0.741. The van der Waals surface area contributed by atoms with Gasteiger partial charge >= 0.3 is 0 Å². The molecule has 0 radical (unpaired) electrons. The van der Waals surface area contributed by atoms with E-state index in [1.54, 1.807) is 6.20 Å². The summed E-state index contributed by atoms with van der Waals surface area (Å²) in [6, 6.07) is 13.1. The number of rotatable bonds is 5. The van der Waals surface area contributed by atoms with Gasteiger partial charge in [0.2, 0.25) is 0 Å². The van der Waals surface area contributed by atoms with Gasteiger partial charge < -0.3 is 9.88 Å². The number of para-hydroxylation sites is 2. The lowest BCUT2D eigenvalue weighted by atomic mass is 10.2. The summed E-state index contributed by atoms with van der Waals surface area (Å²) in [5.41, 5.74) is 2.24. The van der Waals surface area contributed by atoms with E-state index in [9.17, 15) is 0 Å². The molecule has 0 bridgehead atoms. The summed E-state index contributed by atoms with van der Waals surface area (Å²) in [6.45, 7) is 4.40.